The molecule has 0 amide bonds. The second-order valence-electron chi connectivity index (χ2n) is 6.84. The van der Waals surface area contributed by atoms with Crippen LogP contribution in [0.5, 0.6) is 0 Å². The Bertz CT molecular complexity index is 417. The molecule has 0 aromatic carbocycles. The number of aliphatic hydroxyl groups is 7. The normalized spacial score (nSPS) is 48.7. The predicted molar refractivity (Wildman–Crippen MR) is 81.2 cm³/mol. The highest BCUT2D eigenvalue weighted by atomic mass is 16.7. The van der Waals surface area contributed by atoms with E-state index in [0.29, 0.717) is 0 Å². The molecule has 4 unspecified atom stereocenters. The Morgan fingerprint density at radius 2 is 1.36 bits per heavy atom. The maximum atomic E-state index is 10.4. The predicted octanol–water partition coefficient (Wildman–Crippen LogP) is -3.69. The second-order valence-corrected chi connectivity index (χ2v) is 6.84. The van der Waals surface area contributed by atoms with Crippen molar-refractivity contribution in [1.29, 1.82) is 0 Å². The third-order valence-electron chi connectivity index (χ3n) is 4.70. The lowest BCUT2D eigenvalue weighted by atomic mass is 9.89. The average Bonchev–Trinajstić information content (AvgIpc) is 2.58. The minimum absolute atomic E-state index is 0.132. The van der Waals surface area contributed by atoms with Gasteiger partial charge in [0.05, 0.1) is 19.3 Å². The van der Waals surface area contributed by atoms with E-state index in [-0.39, 0.29) is 5.92 Å². The topological polar surface area (TPSA) is 169 Å². The molecule has 2 aliphatic heterocycles. The third kappa shape index (κ3) is 4.14. The van der Waals surface area contributed by atoms with E-state index in [1.54, 1.807) is 13.8 Å². The van der Waals surface area contributed by atoms with Crippen molar-refractivity contribution in [3.63, 3.8) is 0 Å². The molecule has 148 valence electrons. The first-order valence-corrected chi connectivity index (χ1v) is 8.31. The summed E-state index contributed by atoms with van der Waals surface area (Å²) in [6, 6.07) is 0. The molecule has 0 spiro atoms. The van der Waals surface area contributed by atoms with Crippen LogP contribution in [0.4, 0.5) is 0 Å². The summed E-state index contributed by atoms with van der Waals surface area (Å²) < 4.78 is 16.3. The fourth-order valence-corrected chi connectivity index (χ4v) is 3.17. The van der Waals surface area contributed by atoms with Crippen LogP contribution in [0.2, 0.25) is 0 Å². The Morgan fingerprint density at radius 1 is 0.760 bits per heavy atom. The Hall–Kier alpha value is -0.400. The van der Waals surface area contributed by atoms with Crippen molar-refractivity contribution in [1.82, 2.24) is 0 Å². The Kier molecular flexibility index (Phi) is 7.13. The fraction of sp³-hybridized carbons (Fsp3) is 1.00. The molecule has 0 bridgehead atoms. The van der Waals surface area contributed by atoms with Crippen molar-refractivity contribution in [2.45, 2.75) is 75.1 Å². The standard InChI is InChI=1S/C15H28O10/c1-5(2)13-10(20)11(21)14(7(4-17)23-13)25-15-12(22)9(19)8(18)6(3-16)24-15/h5-22H,3-4H2,1-2H3/t6?,7?,8-,9-,10?,11+,12?,13-,14+,15+/m1/s1. The number of ether oxygens (including phenoxy) is 3. The lowest BCUT2D eigenvalue weighted by Gasteiger charge is -2.47. The summed E-state index contributed by atoms with van der Waals surface area (Å²) in [6.07, 6.45) is -13.2. The summed E-state index contributed by atoms with van der Waals surface area (Å²) in [7, 11) is 0. The highest BCUT2D eigenvalue weighted by molar-refractivity contribution is 4.96. The molecule has 0 aliphatic carbocycles. The van der Waals surface area contributed by atoms with Gasteiger partial charge in [-0.1, -0.05) is 13.8 Å². The molecule has 2 rings (SSSR count). The van der Waals surface area contributed by atoms with E-state index in [0.717, 1.165) is 0 Å². The van der Waals surface area contributed by atoms with E-state index >= 15 is 0 Å². The van der Waals surface area contributed by atoms with Gasteiger partial charge in [-0.05, 0) is 5.92 Å². The van der Waals surface area contributed by atoms with E-state index in [1.165, 1.54) is 0 Å². The molecule has 0 radical (unpaired) electrons. The molecule has 10 nitrogen and oxygen atoms in total. The Labute approximate surface area is 145 Å². The van der Waals surface area contributed by atoms with Gasteiger partial charge in [-0.3, -0.25) is 0 Å². The molecule has 10 heteroatoms. The van der Waals surface area contributed by atoms with E-state index in [4.69, 9.17) is 14.2 Å². The van der Waals surface area contributed by atoms with Gasteiger partial charge in [0.15, 0.2) is 6.29 Å². The molecular formula is C15H28O10. The highest BCUT2D eigenvalue weighted by Crippen LogP contribution is 2.31. The number of hydrogen-bond donors (Lipinski definition) is 7. The van der Waals surface area contributed by atoms with E-state index in [9.17, 15) is 35.7 Å². The van der Waals surface area contributed by atoms with E-state index in [1.807, 2.05) is 0 Å². The summed E-state index contributed by atoms with van der Waals surface area (Å²) in [6.45, 7) is 2.42. The fourth-order valence-electron chi connectivity index (χ4n) is 3.17. The van der Waals surface area contributed by atoms with Crippen LogP contribution in [0.25, 0.3) is 0 Å². The molecule has 0 aromatic rings. The molecule has 2 heterocycles. The van der Waals surface area contributed by atoms with Gasteiger partial charge in [-0.25, -0.2) is 0 Å². The van der Waals surface area contributed by atoms with Crippen molar-refractivity contribution >= 4 is 0 Å². The summed E-state index contributed by atoms with van der Waals surface area (Å²) in [5, 5.41) is 68.8. The van der Waals surface area contributed by atoms with Gasteiger partial charge < -0.3 is 50.0 Å². The molecule has 7 N–H and O–H groups in total. The van der Waals surface area contributed by atoms with Gasteiger partial charge >= 0.3 is 0 Å². The van der Waals surface area contributed by atoms with Crippen molar-refractivity contribution < 1.29 is 50.0 Å². The summed E-state index contributed by atoms with van der Waals surface area (Å²) in [5.41, 5.74) is 0. The first-order valence-electron chi connectivity index (χ1n) is 8.31. The molecule has 10 atom stereocenters. The van der Waals surface area contributed by atoms with Crippen LogP contribution in [0.3, 0.4) is 0 Å². The summed E-state index contributed by atoms with van der Waals surface area (Å²) in [4.78, 5) is 0. The van der Waals surface area contributed by atoms with Crippen LogP contribution >= 0.6 is 0 Å². The van der Waals surface area contributed by atoms with Gasteiger partial charge in [0.25, 0.3) is 0 Å². The SMILES string of the molecule is CC(C)[C@H]1OC(CO)[C@H](O[C@@H]2OC(CO)[C@@H](O)[C@@H](O)C2O)[C@@H](O)C1O. The van der Waals surface area contributed by atoms with Crippen molar-refractivity contribution in [3.8, 4) is 0 Å². The largest absolute Gasteiger partial charge is 0.394 e. The van der Waals surface area contributed by atoms with E-state index in [2.05, 4.69) is 0 Å². The minimum atomic E-state index is -1.66. The monoisotopic (exact) mass is 368 g/mol. The summed E-state index contributed by atoms with van der Waals surface area (Å²) >= 11 is 0. The van der Waals surface area contributed by atoms with Crippen LogP contribution in [0.1, 0.15) is 13.8 Å². The number of aliphatic hydroxyl groups excluding tert-OH is 7. The maximum Gasteiger partial charge on any atom is 0.187 e. The van der Waals surface area contributed by atoms with Crippen LogP contribution in [0.15, 0.2) is 0 Å². The van der Waals surface area contributed by atoms with Gasteiger partial charge in [0.1, 0.15) is 48.8 Å². The molecular weight excluding hydrogens is 340 g/mol. The maximum absolute atomic E-state index is 10.4. The molecule has 0 aromatic heterocycles. The average molecular weight is 368 g/mol. The first kappa shape index (κ1) is 20.9. The molecule has 2 saturated heterocycles. The van der Waals surface area contributed by atoms with Crippen molar-refractivity contribution in [2.75, 3.05) is 13.2 Å². The third-order valence-corrected chi connectivity index (χ3v) is 4.70. The van der Waals surface area contributed by atoms with Gasteiger partial charge in [-0.2, -0.15) is 0 Å². The zero-order chi connectivity index (χ0) is 18.9. The quantitative estimate of drug-likeness (QED) is 0.256. The minimum Gasteiger partial charge on any atom is -0.394 e. The number of hydrogen-bond acceptors (Lipinski definition) is 10. The zero-order valence-corrected chi connectivity index (χ0v) is 14.1. The van der Waals surface area contributed by atoms with Crippen LogP contribution in [0, 0.1) is 5.92 Å². The van der Waals surface area contributed by atoms with Crippen molar-refractivity contribution in [3.05, 3.63) is 0 Å². The second kappa shape index (κ2) is 8.53. The molecule has 0 saturated carbocycles. The van der Waals surface area contributed by atoms with Crippen LogP contribution < -0.4 is 0 Å². The van der Waals surface area contributed by atoms with E-state index < -0.39 is 74.4 Å². The molecule has 2 fully saturated rings. The Balaban J connectivity index is 2.14. The van der Waals surface area contributed by atoms with Crippen LogP contribution in [-0.4, -0.2) is 110 Å². The Morgan fingerprint density at radius 3 is 1.88 bits per heavy atom. The highest BCUT2D eigenvalue weighted by Gasteiger charge is 2.50. The molecule has 2 aliphatic rings. The van der Waals surface area contributed by atoms with Crippen molar-refractivity contribution in [2.24, 2.45) is 5.92 Å². The number of rotatable bonds is 5. The van der Waals surface area contributed by atoms with Gasteiger partial charge in [0, 0.05) is 0 Å². The van der Waals surface area contributed by atoms with Gasteiger partial charge in [-0.15, -0.1) is 0 Å². The van der Waals surface area contributed by atoms with Gasteiger partial charge in [0.2, 0.25) is 0 Å². The van der Waals surface area contributed by atoms with Crippen LogP contribution in [-0.2, 0) is 14.2 Å². The summed E-state index contributed by atoms with van der Waals surface area (Å²) in [5.74, 6) is -0.132. The lowest BCUT2D eigenvalue weighted by Crippen LogP contribution is -2.65. The zero-order valence-electron chi connectivity index (χ0n) is 14.1. The lowest BCUT2D eigenvalue weighted by molar-refractivity contribution is -0.343. The first-order chi connectivity index (χ1) is 11.7. The molecule has 25 heavy (non-hydrogen) atoms. The smallest absolute Gasteiger partial charge is 0.187 e.